The molecule has 5 aliphatic carbocycles. The summed E-state index contributed by atoms with van der Waals surface area (Å²) in [5.74, 6) is 4.78. The van der Waals surface area contributed by atoms with Gasteiger partial charge >= 0.3 is 0 Å². The first-order valence-corrected chi connectivity index (χ1v) is 15.8. The summed E-state index contributed by atoms with van der Waals surface area (Å²) in [7, 11) is 0. The number of hydrogen-bond acceptors (Lipinski definition) is 5. The minimum absolute atomic E-state index is 0.0316. The van der Waals surface area contributed by atoms with Crippen LogP contribution in [-0.2, 0) is 11.8 Å². The quantitative estimate of drug-likeness (QED) is 0.223. The molecule has 0 aromatic carbocycles. The molecule has 0 bridgehead atoms. The summed E-state index contributed by atoms with van der Waals surface area (Å²) in [6.45, 7) is 17.8. The van der Waals surface area contributed by atoms with Crippen LogP contribution < -0.4 is 5.73 Å². The summed E-state index contributed by atoms with van der Waals surface area (Å²) in [5, 5.41) is 17.3. The number of thiol groups is 1. The van der Waals surface area contributed by atoms with E-state index in [4.69, 9.17) is 10.8 Å². The van der Waals surface area contributed by atoms with Crippen molar-refractivity contribution in [1.29, 1.82) is 0 Å². The van der Waals surface area contributed by atoms with Gasteiger partial charge in [-0.05, 0) is 96.7 Å². The van der Waals surface area contributed by atoms with Crippen molar-refractivity contribution >= 4 is 18.4 Å². The molecule has 6 nitrogen and oxygen atoms in total. The Morgan fingerprint density at radius 1 is 0.949 bits per heavy atom. The van der Waals surface area contributed by atoms with Gasteiger partial charge in [0.15, 0.2) is 5.16 Å². The maximum absolute atomic E-state index is 6.51. The third kappa shape index (κ3) is 3.31. The normalized spacial score (nSPS) is 43.8. The first-order chi connectivity index (χ1) is 18.2. The molecule has 0 amide bonds. The number of aromatic nitrogens is 5. The molecule has 5 aliphatic rings. The Morgan fingerprint density at radius 3 is 2.41 bits per heavy atom. The lowest BCUT2D eigenvalue weighted by molar-refractivity contribution is -0.153. The zero-order valence-electron chi connectivity index (χ0n) is 25.0. The first-order valence-electron chi connectivity index (χ1n) is 15.4. The maximum Gasteiger partial charge on any atom is 0.185 e. The van der Waals surface area contributed by atoms with E-state index >= 15 is 0 Å². The smallest absolute Gasteiger partial charge is 0.185 e. The van der Waals surface area contributed by atoms with E-state index in [1.807, 2.05) is 0 Å². The molecule has 8 atom stereocenters. The van der Waals surface area contributed by atoms with E-state index in [9.17, 15) is 0 Å². The lowest BCUT2D eigenvalue weighted by atomic mass is 9.34. The minimum Gasteiger partial charge on any atom is -0.384 e. The zero-order valence-corrected chi connectivity index (χ0v) is 25.9. The lowest BCUT2D eigenvalue weighted by Gasteiger charge is -2.70. The van der Waals surface area contributed by atoms with Crippen molar-refractivity contribution in [1.82, 2.24) is 25.4 Å². The maximum atomic E-state index is 6.51. The summed E-state index contributed by atoms with van der Waals surface area (Å²) in [4.78, 5) is 3.41. The molecule has 3 saturated carbocycles. The number of allylic oxidation sites excluding steroid dienone is 2. The Morgan fingerprint density at radius 2 is 1.69 bits per heavy atom. The number of anilines is 1. The summed E-state index contributed by atoms with van der Waals surface area (Å²) in [6, 6.07) is 0. The van der Waals surface area contributed by atoms with E-state index in [0.29, 0.717) is 34.7 Å². The average Bonchev–Trinajstić information content (AvgIpc) is 3.44. The SMILES string of the molecule is CC1(C)CC2C3=CCC4[C@@]5(C)Cc6c(n[nH]c6N)C(C)(C)C5CC[C@@]4(C)[C@]3(C)CC[C@@H]2[C@H](c2nnc(S)[nH]2)C1. The van der Waals surface area contributed by atoms with Gasteiger partial charge in [0.25, 0.3) is 0 Å². The lowest BCUT2D eigenvalue weighted by Crippen LogP contribution is -2.63. The van der Waals surface area contributed by atoms with Gasteiger partial charge < -0.3 is 10.7 Å². The van der Waals surface area contributed by atoms with Crippen molar-refractivity contribution < 1.29 is 0 Å². The van der Waals surface area contributed by atoms with Crippen molar-refractivity contribution in [3.8, 4) is 0 Å². The highest BCUT2D eigenvalue weighted by atomic mass is 32.1. The molecule has 7 heteroatoms. The van der Waals surface area contributed by atoms with E-state index < -0.39 is 0 Å². The van der Waals surface area contributed by atoms with Crippen molar-refractivity contribution in [3.05, 3.63) is 28.7 Å². The van der Waals surface area contributed by atoms with Gasteiger partial charge in [-0.15, -0.1) is 22.8 Å². The molecule has 2 aromatic rings. The summed E-state index contributed by atoms with van der Waals surface area (Å²) < 4.78 is 0. The second-order valence-electron chi connectivity index (χ2n) is 16.2. The van der Waals surface area contributed by atoms with Crippen LogP contribution in [0.2, 0.25) is 0 Å². The fraction of sp³-hybridized carbons (Fsp3) is 0.781. The molecule has 212 valence electrons. The van der Waals surface area contributed by atoms with Gasteiger partial charge in [0.1, 0.15) is 11.6 Å². The van der Waals surface area contributed by atoms with Crippen LogP contribution in [0.3, 0.4) is 0 Å². The van der Waals surface area contributed by atoms with Crippen LogP contribution in [0.4, 0.5) is 5.82 Å². The molecule has 2 heterocycles. The molecule has 0 aliphatic heterocycles. The third-order valence-electron chi connectivity index (χ3n) is 13.5. The van der Waals surface area contributed by atoms with E-state index in [1.165, 1.54) is 56.2 Å². The molecule has 4 N–H and O–H groups in total. The molecule has 0 saturated heterocycles. The molecule has 3 unspecified atom stereocenters. The van der Waals surface area contributed by atoms with Gasteiger partial charge in [-0.25, -0.2) is 0 Å². The third-order valence-corrected chi connectivity index (χ3v) is 13.7. The van der Waals surface area contributed by atoms with Gasteiger partial charge in [-0.3, -0.25) is 5.10 Å². The number of aromatic amines is 2. The molecule has 39 heavy (non-hydrogen) atoms. The zero-order chi connectivity index (χ0) is 27.8. The van der Waals surface area contributed by atoms with Crippen LogP contribution in [0.5, 0.6) is 0 Å². The highest BCUT2D eigenvalue weighted by Gasteiger charge is 2.67. The van der Waals surface area contributed by atoms with E-state index in [-0.39, 0.29) is 27.1 Å². The summed E-state index contributed by atoms with van der Waals surface area (Å²) in [6.07, 6.45) is 12.6. The van der Waals surface area contributed by atoms with Gasteiger partial charge in [-0.2, -0.15) is 5.10 Å². The van der Waals surface area contributed by atoms with Crippen molar-refractivity contribution in [2.24, 2.45) is 45.3 Å². The molecule has 7 rings (SSSR count). The molecule has 0 spiro atoms. The predicted molar refractivity (Wildman–Crippen MR) is 159 cm³/mol. The van der Waals surface area contributed by atoms with Crippen LogP contribution in [0, 0.1) is 45.3 Å². The number of fused-ring (bicyclic) bond motifs is 8. The van der Waals surface area contributed by atoms with Crippen LogP contribution in [0.1, 0.15) is 116 Å². The van der Waals surface area contributed by atoms with Crippen LogP contribution in [0.25, 0.3) is 0 Å². The second kappa shape index (κ2) is 7.95. The van der Waals surface area contributed by atoms with Gasteiger partial charge in [0.05, 0.1) is 5.69 Å². The van der Waals surface area contributed by atoms with Gasteiger partial charge in [0.2, 0.25) is 0 Å². The largest absolute Gasteiger partial charge is 0.384 e. The Bertz CT molecular complexity index is 1350. The van der Waals surface area contributed by atoms with Crippen LogP contribution >= 0.6 is 12.6 Å². The second-order valence-corrected chi connectivity index (χ2v) is 16.6. The Hall–Kier alpha value is -1.76. The standard InChI is InChI=1S/C32H48N6S/c1-28(2)14-18-17(19(15-28)26-34-27(39)38-37-26)10-12-31(6)21(18)8-9-23-30(5)16-20-24(35-36-25(20)33)29(3,4)22(30)11-13-32(23,31)7/h8,17-19,22-23H,9-16H2,1-7H3,(H3,33,35,36)(H2,34,37,38,39)/t17-,18?,19+,22?,23?,30-,31+,32+/m0/s1. The number of H-pyrrole nitrogens is 2. The highest BCUT2D eigenvalue weighted by molar-refractivity contribution is 7.80. The Labute approximate surface area is 239 Å². The monoisotopic (exact) mass is 548 g/mol. The average molecular weight is 549 g/mol. The Balaban J connectivity index is 1.30. The number of rotatable bonds is 1. The van der Waals surface area contributed by atoms with Crippen LogP contribution in [-0.4, -0.2) is 25.4 Å². The number of nitrogens with two attached hydrogens (primary N) is 1. The fourth-order valence-electron chi connectivity index (χ4n) is 11.8. The number of nitrogens with zero attached hydrogens (tertiary/aromatic N) is 3. The summed E-state index contributed by atoms with van der Waals surface area (Å²) in [5.41, 5.74) is 11.8. The Kier molecular flexibility index (Phi) is 5.33. The van der Waals surface area contributed by atoms with Crippen molar-refractivity contribution in [2.45, 2.75) is 116 Å². The van der Waals surface area contributed by atoms with E-state index in [0.717, 1.165) is 18.1 Å². The number of hydrogen-bond donors (Lipinski definition) is 4. The van der Waals surface area contributed by atoms with E-state index in [2.05, 4.69) is 87.5 Å². The van der Waals surface area contributed by atoms with E-state index in [1.54, 1.807) is 5.57 Å². The highest BCUT2D eigenvalue weighted by Crippen LogP contribution is 2.74. The number of nitrogens with one attached hydrogen (secondary N) is 2. The predicted octanol–water partition coefficient (Wildman–Crippen LogP) is 7.24. The minimum atomic E-state index is 0.0316. The topological polar surface area (TPSA) is 96.3 Å². The molecule has 0 radical (unpaired) electrons. The molecule has 3 fully saturated rings. The first kappa shape index (κ1) is 26.2. The fourth-order valence-corrected chi connectivity index (χ4v) is 11.9. The van der Waals surface area contributed by atoms with Gasteiger partial charge in [0, 0.05) is 16.9 Å². The van der Waals surface area contributed by atoms with Crippen molar-refractivity contribution in [3.63, 3.8) is 0 Å². The molecule has 2 aromatic heterocycles. The van der Waals surface area contributed by atoms with Crippen LogP contribution in [0.15, 0.2) is 16.8 Å². The molecular weight excluding hydrogens is 500 g/mol. The number of nitrogen functional groups attached to an aromatic ring is 1. The summed E-state index contributed by atoms with van der Waals surface area (Å²) >= 11 is 4.46. The van der Waals surface area contributed by atoms with Gasteiger partial charge in [-0.1, -0.05) is 60.1 Å². The van der Waals surface area contributed by atoms with Crippen molar-refractivity contribution in [2.75, 3.05) is 5.73 Å². The molecular formula is C32H48N6S.